The summed E-state index contributed by atoms with van der Waals surface area (Å²) in [4.78, 5) is 17.7. The Morgan fingerprint density at radius 1 is 0.944 bits per heavy atom. The van der Waals surface area contributed by atoms with Crippen molar-refractivity contribution < 1.29 is 13.6 Å². The van der Waals surface area contributed by atoms with E-state index in [1.165, 1.54) is 11.3 Å². The first-order valence-corrected chi connectivity index (χ1v) is 13.5. The van der Waals surface area contributed by atoms with Crippen molar-refractivity contribution >= 4 is 34.2 Å². The van der Waals surface area contributed by atoms with Crippen molar-refractivity contribution in [3.63, 3.8) is 0 Å². The molecule has 1 aromatic heterocycles. The Morgan fingerprint density at radius 3 is 2.17 bits per heavy atom. The minimum atomic E-state index is -2.37. The molecule has 4 aromatic rings. The van der Waals surface area contributed by atoms with Crippen LogP contribution in [-0.2, 0) is 22.5 Å². The zero-order chi connectivity index (χ0) is 25.7. The van der Waals surface area contributed by atoms with Crippen LogP contribution in [0, 0.1) is 5.41 Å². The maximum Gasteiger partial charge on any atom is 0.225 e. The molecule has 0 radical (unpaired) electrons. The molecule has 186 valence electrons. The molecule has 0 saturated heterocycles. The van der Waals surface area contributed by atoms with E-state index >= 15 is 0 Å². The molecule has 0 aliphatic carbocycles. The van der Waals surface area contributed by atoms with Crippen LogP contribution in [0.1, 0.15) is 37.4 Å². The minimum Gasteiger partial charge on any atom is -0.755 e. The standard InChI is InChI=1S/C28H29N3O3S2/c1-28(2,3)27(32)30-24(17-19-9-15-23(16-10-19)31-36(33)34)26-29-25(18-35-26)22-13-11-21(12-14-22)20-7-5-4-6-8-20/h4-16,18,24,31H,17H2,1-3H3,(H,30,32)(H,33,34)/p-1/t24-/m0/s1. The highest BCUT2D eigenvalue weighted by Gasteiger charge is 2.26. The molecule has 3 aromatic carbocycles. The van der Waals surface area contributed by atoms with Gasteiger partial charge in [0.25, 0.3) is 0 Å². The highest BCUT2D eigenvalue weighted by Crippen LogP contribution is 2.30. The van der Waals surface area contributed by atoms with Crippen LogP contribution in [0.2, 0.25) is 0 Å². The topological polar surface area (TPSA) is 94.2 Å². The van der Waals surface area contributed by atoms with Crippen molar-refractivity contribution in [3.8, 4) is 22.4 Å². The summed E-state index contributed by atoms with van der Waals surface area (Å²) in [5.41, 5.74) is 5.08. The summed E-state index contributed by atoms with van der Waals surface area (Å²) >= 11 is -0.858. The second-order valence-corrected chi connectivity index (χ2v) is 11.1. The Kier molecular flexibility index (Phi) is 7.98. The van der Waals surface area contributed by atoms with E-state index in [0.29, 0.717) is 12.1 Å². The quantitative estimate of drug-likeness (QED) is 0.274. The van der Waals surface area contributed by atoms with E-state index in [2.05, 4.69) is 46.4 Å². The molecule has 36 heavy (non-hydrogen) atoms. The normalized spacial score (nSPS) is 13.1. The number of rotatable bonds is 8. The molecule has 6 nitrogen and oxygen atoms in total. The number of anilines is 1. The Balaban J connectivity index is 1.56. The highest BCUT2D eigenvalue weighted by molar-refractivity contribution is 7.80. The fourth-order valence-electron chi connectivity index (χ4n) is 3.66. The van der Waals surface area contributed by atoms with Crippen LogP contribution in [0.4, 0.5) is 5.69 Å². The van der Waals surface area contributed by atoms with E-state index in [1.807, 2.05) is 56.5 Å². The predicted octanol–water partition coefficient (Wildman–Crippen LogP) is 6.13. The zero-order valence-corrected chi connectivity index (χ0v) is 22.0. The Bertz CT molecular complexity index is 1330. The van der Waals surface area contributed by atoms with E-state index < -0.39 is 16.7 Å². The summed E-state index contributed by atoms with van der Waals surface area (Å²) in [6.45, 7) is 5.64. The molecule has 0 saturated carbocycles. The molecule has 4 rings (SSSR count). The van der Waals surface area contributed by atoms with Crippen molar-refractivity contribution in [2.24, 2.45) is 5.41 Å². The molecule has 1 amide bonds. The molecular formula is C28H28N3O3S2-. The second-order valence-electron chi connectivity index (χ2n) is 9.53. The average molecular weight is 519 g/mol. The van der Waals surface area contributed by atoms with Crippen molar-refractivity contribution in [3.05, 3.63) is 94.8 Å². The fraction of sp³-hybridized carbons (Fsp3) is 0.214. The summed E-state index contributed by atoms with van der Waals surface area (Å²) in [6.07, 6.45) is 0.530. The van der Waals surface area contributed by atoms with Gasteiger partial charge in [0.1, 0.15) is 5.01 Å². The molecule has 0 bridgehead atoms. The van der Waals surface area contributed by atoms with Crippen LogP contribution in [0.3, 0.4) is 0 Å². The van der Waals surface area contributed by atoms with Gasteiger partial charge in [-0.1, -0.05) is 87.5 Å². The SMILES string of the molecule is CC(C)(C)C(=O)N[C@@H](Cc1ccc(NS(=O)[O-])cc1)c1nc(-c2ccc(-c3ccccc3)cc2)cs1. The van der Waals surface area contributed by atoms with Crippen molar-refractivity contribution in [1.29, 1.82) is 0 Å². The van der Waals surface area contributed by atoms with Crippen LogP contribution in [-0.4, -0.2) is 19.7 Å². The van der Waals surface area contributed by atoms with E-state index in [9.17, 15) is 13.6 Å². The Morgan fingerprint density at radius 2 is 1.56 bits per heavy atom. The smallest absolute Gasteiger partial charge is 0.225 e. The number of aromatic nitrogens is 1. The molecule has 0 aliphatic rings. The summed E-state index contributed by atoms with van der Waals surface area (Å²) < 4.78 is 24.1. The van der Waals surface area contributed by atoms with Crippen molar-refractivity contribution in [2.45, 2.75) is 33.2 Å². The van der Waals surface area contributed by atoms with Gasteiger partial charge in [-0.2, -0.15) is 0 Å². The van der Waals surface area contributed by atoms with Crippen LogP contribution in [0.5, 0.6) is 0 Å². The number of carbonyl (C=O) groups excluding carboxylic acids is 1. The number of hydrogen-bond acceptors (Lipinski definition) is 5. The predicted molar refractivity (Wildman–Crippen MR) is 146 cm³/mol. The lowest BCUT2D eigenvalue weighted by Gasteiger charge is -2.23. The molecule has 2 atom stereocenters. The van der Waals surface area contributed by atoms with Crippen LogP contribution >= 0.6 is 11.3 Å². The number of nitrogens with one attached hydrogen (secondary N) is 2. The Hall–Kier alpha value is -3.33. The lowest BCUT2D eigenvalue weighted by atomic mass is 9.94. The average Bonchev–Trinajstić information content (AvgIpc) is 3.35. The third-order valence-corrected chi connectivity index (χ3v) is 7.05. The van der Waals surface area contributed by atoms with Crippen molar-refractivity contribution in [1.82, 2.24) is 10.3 Å². The number of carbonyl (C=O) groups is 1. The summed E-state index contributed by atoms with van der Waals surface area (Å²) in [5, 5.41) is 5.99. The van der Waals surface area contributed by atoms with Gasteiger partial charge in [0.15, 0.2) is 0 Å². The van der Waals surface area contributed by atoms with Gasteiger partial charge in [0.05, 0.1) is 11.7 Å². The van der Waals surface area contributed by atoms with Crippen molar-refractivity contribution in [2.75, 3.05) is 4.72 Å². The van der Waals surface area contributed by atoms with E-state index in [4.69, 9.17) is 4.98 Å². The first-order chi connectivity index (χ1) is 17.2. The molecule has 0 fully saturated rings. The first-order valence-electron chi connectivity index (χ1n) is 11.6. The number of thiazole rings is 1. The van der Waals surface area contributed by atoms with E-state index in [0.717, 1.165) is 33.0 Å². The lowest BCUT2D eigenvalue weighted by Crippen LogP contribution is -2.38. The monoisotopic (exact) mass is 518 g/mol. The van der Waals surface area contributed by atoms with Crippen LogP contribution in [0.25, 0.3) is 22.4 Å². The van der Waals surface area contributed by atoms with E-state index in [-0.39, 0.29) is 11.9 Å². The van der Waals surface area contributed by atoms with E-state index in [1.54, 1.807) is 12.1 Å². The third kappa shape index (κ3) is 6.66. The van der Waals surface area contributed by atoms with Crippen LogP contribution in [0.15, 0.2) is 84.2 Å². The number of nitrogens with zero attached hydrogens (tertiary/aromatic N) is 1. The van der Waals surface area contributed by atoms with Gasteiger partial charge in [-0.05, 0) is 35.2 Å². The summed E-state index contributed by atoms with van der Waals surface area (Å²) in [6, 6.07) is 25.3. The van der Waals surface area contributed by atoms with Crippen LogP contribution < -0.4 is 10.0 Å². The number of hydrogen-bond donors (Lipinski definition) is 2. The lowest BCUT2D eigenvalue weighted by molar-refractivity contribution is -0.129. The largest absolute Gasteiger partial charge is 0.755 e. The number of benzene rings is 3. The molecule has 0 aliphatic heterocycles. The number of amides is 1. The third-order valence-electron chi connectivity index (χ3n) is 5.69. The molecule has 2 N–H and O–H groups in total. The Labute approximate surface area is 218 Å². The maximum absolute atomic E-state index is 12.9. The van der Waals surface area contributed by atoms with Gasteiger partial charge in [0.2, 0.25) is 5.91 Å². The van der Waals surface area contributed by atoms with Gasteiger partial charge in [-0.3, -0.25) is 9.00 Å². The molecule has 0 spiro atoms. The molecule has 8 heteroatoms. The molecule has 1 heterocycles. The fourth-order valence-corrected chi connectivity index (χ4v) is 4.87. The van der Waals surface area contributed by atoms with Gasteiger partial charge in [-0.25, -0.2) is 4.98 Å². The van der Waals surface area contributed by atoms with Gasteiger partial charge in [-0.15, -0.1) is 11.3 Å². The zero-order valence-electron chi connectivity index (χ0n) is 20.4. The summed E-state index contributed by atoms with van der Waals surface area (Å²) in [7, 11) is 0. The maximum atomic E-state index is 12.9. The molecule has 1 unspecified atom stereocenters. The minimum absolute atomic E-state index is 0.0588. The van der Waals surface area contributed by atoms with Gasteiger partial charge < -0.3 is 14.6 Å². The summed E-state index contributed by atoms with van der Waals surface area (Å²) in [5.74, 6) is -0.0588. The first kappa shape index (κ1) is 25.8. The van der Waals surface area contributed by atoms with Gasteiger partial charge in [0, 0.05) is 33.3 Å². The molecular weight excluding hydrogens is 490 g/mol. The second kappa shape index (κ2) is 11.2. The highest BCUT2D eigenvalue weighted by atomic mass is 32.2. The van der Waals surface area contributed by atoms with Gasteiger partial charge >= 0.3 is 0 Å².